The second-order valence-corrected chi connectivity index (χ2v) is 5.35. The van der Waals surface area contributed by atoms with E-state index < -0.39 is 10.0 Å². The Balaban J connectivity index is 3.07. The maximum atomic E-state index is 11.5. The summed E-state index contributed by atoms with van der Waals surface area (Å²) in [5.41, 5.74) is 0. The minimum absolute atomic E-state index is 0.234. The SMILES string of the molecule is CCNS(=O)(=O)c1ccsc1CCl. The van der Waals surface area contributed by atoms with Crippen LogP contribution >= 0.6 is 22.9 Å². The number of hydrogen-bond acceptors (Lipinski definition) is 3. The lowest BCUT2D eigenvalue weighted by Gasteiger charge is -2.03. The number of nitrogens with one attached hydrogen (secondary N) is 1. The lowest BCUT2D eigenvalue weighted by Crippen LogP contribution is -2.23. The Bertz CT molecular complexity index is 372. The minimum atomic E-state index is -3.33. The van der Waals surface area contributed by atoms with Gasteiger partial charge in [-0.05, 0) is 11.4 Å². The Morgan fingerprint density at radius 3 is 2.85 bits per heavy atom. The zero-order valence-corrected chi connectivity index (χ0v) is 9.47. The maximum Gasteiger partial charge on any atom is 0.241 e. The van der Waals surface area contributed by atoms with E-state index in [1.54, 1.807) is 18.4 Å². The van der Waals surface area contributed by atoms with Crippen molar-refractivity contribution in [3.05, 3.63) is 16.3 Å². The van der Waals surface area contributed by atoms with Gasteiger partial charge in [-0.25, -0.2) is 13.1 Å². The van der Waals surface area contributed by atoms with Crippen LogP contribution in [0, 0.1) is 0 Å². The van der Waals surface area contributed by atoms with E-state index in [1.807, 2.05) is 0 Å². The first-order chi connectivity index (χ1) is 6.11. The third-order valence-corrected chi connectivity index (χ3v) is 4.56. The van der Waals surface area contributed by atoms with Gasteiger partial charge in [0.15, 0.2) is 0 Å². The smallest absolute Gasteiger partial charge is 0.211 e. The standard InChI is InChI=1S/C7H10ClNO2S2/c1-2-9-13(10,11)7-3-4-12-6(7)5-8/h3-4,9H,2,5H2,1H3. The molecule has 74 valence electrons. The van der Waals surface area contributed by atoms with Crippen molar-refractivity contribution >= 4 is 33.0 Å². The number of sulfonamides is 1. The van der Waals surface area contributed by atoms with Gasteiger partial charge in [-0.1, -0.05) is 6.92 Å². The van der Waals surface area contributed by atoms with E-state index in [4.69, 9.17) is 11.6 Å². The molecule has 0 radical (unpaired) electrons. The summed E-state index contributed by atoms with van der Waals surface area (Å²) >= 11 is 6.95. The summed E-state index contributed by atoms with van der Waals surface area (Å²) in [7, 11) is -3.33. The molecular formula is C7H10ClNO2S2. The van der Waals surface area contributed by atoms with E-state index in [0.717, 1.165) is 0 Å². The van der Waals surface area contributed by atoms with Crippen molar-refractivity contribution < 1.29 is 8.42 Å². The lowest BCUT2D eigenvalue weighted by atomic mass is 10.5. The van der Waals surface area contributed by atoms with Crippen molar-refractivity contribution in [2.24, 2.45) is 0 Å². The highest BCUT2D eigenvalue weighted by Crippen LogP contribution is 2.23. The molecule has 1 rings (SSSR count). The van der Waals surface area contributed by atoms with Crippen LogP contribution in [-0.2, 0) is 15.9 Å². The van der Waals surface area contributed by atoms with Crippen molar-refractivity contribution in [2.45, 2.75) is 17.7 Å². The van der Waals surface area contributed by atoms with E-state index in [2.05, 4.69) is 4.72 Å². The monoisotopic (exact) mass is 239 g/mol. The topological polar surface area (TPSA) is 46.2 Å². The number of halogens is 1. The highest BCUT2D eigenvalue weighted by Gasteiger charge is 2.17. The van der Waals surface area contributed by atoms with Crippen LogP contribution < -0.4 is 4.72 Å². The molecule has 0 amide bonds. The van der Waals surface area contributed by atoms with E-state index in [0.29, 0.717) is 16.3 Å². The highest BCUT2D eigenvalue weighted by atomic mass is 35.5. The van der Waals surface area contributed by atoms with Crippen LogP contribution in [0.15, 0.2) is 16.3 Å². The van der Waals surface area contributed by atoms with Gasteiger partial charge in [0.2, 0.25) is 10.0 Å². The number of alkyl halides is 1. The fourth-order valence-corrected chi connectivity index (χ4v) is 3.68. The zero-order valence-electron chi connectivity index (χ0n) is 7.08. The third-order valence-electron chi connectivity index (χ3n) is 1.45. The van der Waals surface area contributed by atoms with Crippen molar-refractivity contribution in [3.63, 3.8) is 0 Å². The second-order valence-electron chi connectivity index (χ2n) is 2.34. The third kappa shape index (κ3) is 2.43. The molecule has 1 heterocycles. The van der Waals surface area contributed by atoms with Gasteiger partial charge in [0.1, 0.15) is 0 Å². The summed E-state index contributed by atoms with van der Waals surface area (Å²) in [6.07, 6.45) is 0. The summed E-state index contributed by atoms with van der Waals surface area (Å²) in [5, 5.41) is 1.72. The number of hydrogen-bond donors (Lipinski definition) is 1. The Labute approximate surface area is 86.8 Å². The maximum absolute atomic E-state index is 11.5. The predicted molar refractivity (Wildman–Crippen MR) is 54.7 cm³/mol. The van der Waals surface area contributed by atoms with E-state index >= 15 is 0 Å². The molecule has 1 N–H and O–H groups in total. The quantitative estimate of drug-likeness (QED) is 0.815. The minimum Gasteiger partial charge on any atom is -0.211 e. The summed E-state index contributed by atoms with van der Waals surface area (Å²) < 4.78 is 25.4. The first-order valence-corrected chi connectivity index (χ1v) is 6.63. The van der Waals surface area contributed by atoms with E-state index in [1.165, 1.54) is 11.3 Å². The fraction of sp³-hybridized carbons (Fsp3) is 0.429. The van der Waals surface area contributed by atoms with Gasteiger partial charge in [-0.3, -0.25) is 0 Å². The summed E-state index contributed by atoms with van der Waals surface area (Å²) in [6.45, 7) is 2.13. The van der Waals surface area contributed by atoms with E-state index in [-0.39, 0.29) is 5.88 Å². The molecule has 1 aromatic heterocycles. The molecule has 6 heteroatoms. The predicted octanol–water partition coefficient (Wildman–Crippen LogP) is 1.79. The molecule has 1 aromatic rings. The normalized spacial score (nSPS) is 11.8. The molecule has 0 spiro atoms. The summed E-state index contributed by atoms with van der Waals surface area (Å²) in [5.74, 6) is 0.234. The van der Waals surface area contributed by atoms with Gasteiger partial charge < -0.3 is 0 Å². The highest BCUT2D eigenvalue weighted by molar-refractivity contribution is 7.89. The molecule has 3 nitrogen and oxygen atoms in total. The van der Waals surface area contributed by atoms with Gasteiger partial charge >= 0.3 is 0 Å². The average Bonchev–Trinajstić information content (AvgIpc) is 2.51. The van der Waals surface area contributed by atoms with Crippen LogP contribution in [0.1, 0.15) is 11.8 Å². The molecule has 0 aliphatic carbocycles. The van der Waals surface area contributed by atoms with Gasteiger partial charge in [0, 0.05) is 11.4 Å². The van der Waals surface area contributed by atoms with Crippen LogP contribution in [0.5, 0.6) is 0 Å². The van der Waals surface area contributed by atoms with Crippen molar-refractivity contribution in [1.82, 2.24) is 4.72 Å². The van der Waals surface area contributed by atoms with Crippen LogP contribution in [0.2, 0.25) is 0 Å². The average molecular weight is 240 g/mol. The van der Waals surface area contributed by atoms with Gasteiger partial charge in [-0.15, -0.1) is 22.9 Å². The molecule has 0 atom stereocenters. The fourth-order valence-electron chi connectivity index (χ4n) is 0.934. The van der Waals surface area contributed by atoms with Crippen molar-refractivity contribution in [2.75, 3.05) is 6.54 Å². The van der Waals surface area contributed by atoms with Crippen molar-refractivity contribution in [3.8, 4) is 0 Å². The van der Waals surface area contributed by atoms with Gasteiger partial charge in [0.25, 0.3) is 0 Å². The van der Waals surface area contributed by atoms with Crippen LogP contribution in [0.4, 0.5) is 0 Å². The molecule has 0 bridgehead atoms. The molecule has 0 fully saturated rings. The summed E-state index contributed by atoms with van der Waals surface area (Å²) in [4.78, 5) is 0.983. The number of thiophene rings is 1. The summed E-state index contributed by atoms with van der Waals surface area (Å²) in [6, 6.07) is 1.57. The molecule has 0 unspecified atom stereocenters. The molecule has 0 saturated carbocycles. The molecule has 0 aliphatic rings. The Morgan fingerprint density at radius 2 is 2.31 bits per heavy atom. The first-order valence-electron chi connectivity index (χ1n) is 3.73. The first kappa shape index (κ1) is 11.0. The largest absolute Gasteiger partial charge is 0.241 e. The Morgan fingerprint density at radius 1 is 1.62 bits per heavy atom. The van der Waals surface area contributed by atoms with Gasteiger partial charge in [0.05, 0.1) is 10.8 Å². The molecule has 0 aliphatic heterocycles. The van der Waals surface area contributed by atoms with Crippen LogP contribution in [0.3, 0.4) is 0 Å². The molecule has 13 heavy (non-hydrogen) atoms. The van der Waals surface area contributed by atoms with Gasteiger partial charge in [-0.2, -0.15) is 0 Å². The lowest BCUT2D eigenvalue weighted by molar-refractivity contribution is 0.583. The van der Waals surface area contributed by atoms with Crippen LogP contribution in [0.25, 0.3) is 0 Å². The molecular weight excluding hydrogens is 230 g/mol. The Kier molecular flexibility index (Phi) is 3.73. The van der Waals surface area contributed by atoms with E-state index in [9.17, 15) is 8.42 Å². The zero-order chi connectivity index (χ0) is 9.90. The molecule has 0 saturated heterocycles. The second kappa shape index (κ2) is 4.41. The van der Waals surface area contributed by atoms with Crippen molar-refractivity contribution in [1.29, 1.82) is 0 Å². The van der Waals surface area contributed by atoms with Crippen LogP contribution in [-0.4, -0.2) is 15.0 Å². The number of rotatable bonds is 4. The Hall–Kier alpha value is -0.100. The molecule has 0 aromatic carbocycles.